The zero-order valence-corrected chi connectivity index (χ0v) is 31.9. The van der Waals surface area contributed by atoms with E-state index in [0.29, 0.717) is 19.3 Å². The topological polar surface area (TPSA) is 155 Å². The van der Waals surface area contributed by atoms with Crippen LogP contribution in [0.3, 0.4) is 0 Å². The summed E-state index contributed by atoms with van der Waals surface area (Å²) in [4.78, 5) is 34.6. The van der Waals surface area contributed by atoms with Crippen LogP contribution in [-0.2, 0) is 32.7 Å². The molecular formula is C39H68NO9P. The number of aliphatic hydroxyl groups is 1. The van der Waals surface area contributed by atoms with E-state index in [1.54, 1.807) is 0 Å². The molecule has 0 radical (unpaired) electrons. The molecule has 11 heteroatoms. The first-order chi connectivity index (χ1) is 24.2. The van der Waals surface area contributed by atoms with E-state index in [4.69, 9.17) is 24.3 Å². The average molecular weight is 726 g/mol. The number of hydrogen-bond donors (Lipinski definition) is 3. The molecule has 0 aliphatic heterocycles. The van der Waals surface area contributed by atoms with Gasteiger partial charge in [0.1, 0.15) is 6.61 Å². The van der Waals surface area contributed by atoms with Crippen molar-refractivity contribution in [2.45, 2.75) is 148 Å². The van der Waals surface area contributed by atoms with Gasteiger partial charge in [0.15, 0.2) is 6.10 Å². The Bertz CT molecular complexity index is 1030. The number of unbranched alkanes of at least 4 members (excludes halogenated alkanes) is 8. The summed E-state index contributed by atoms with van der Waals surface area (Å²) in [7, 11) is -4.40. The number of carbonyl (C=O) groups excluding carboxylic acids is 2. The Hall–Kier alpha value is -2.33. The lowest BCUT2D eigenvalue weighted by Gasteiger charge is -2.19. The molecule has 288 valence electrons. The highest BCUT2D eigenvalue weighted by atomic mass is 31.2. The average Bonchev–Trinajstić information content (AvgIpc) is 3.10. The molecule has 0 aromatic carbocycles. The molecule has 50 heavy (non-hydrogen) atoms. The van der Waals surface area contributed by atoms with Gasteiger partial charge < -0.3 is 25.2 Å². The Kier molecular flexibility index (Phi) is 33.5. The Balaban J connectivity index is 4.37. The van der Waals surface area contributed by atoms with Crippen LogP contribution >= 0.6 is 7.82 Å². The second-order valence-electron chi connectivity index (χ2n) is 12.2. The Morgan fingerprint density at radius 2 is 1.22 bits per heavy atom. The minimum Gasteiger partial charge on any atom is -0.462 e. The quantitative estimate of drug-likeness (QED) is 0.0253. The van der Waals surface area contributed by atoms with E-state index in [9.17, 15) is 24.2 Å². The van der Waals surface area contributed by atoms with Gasteiger partial charge in [-0.3, -0.25) is 18.6 Å². The number of aliphatic hydroxyl groups excluding tert-OH is 1. The molecule has 0 heterocycles. The molecule has 0 spiro atoms. The lowest BCUT2D eigenvalue weighted by molar-refractivity contribution is -0.161. The van der Waals surface area contributed by atoms with Crippen molar-refractivity contribution in [3.05, 3.63) is 60.8 Å². The molecule has 0 aromatic heterocycles. The maximum absolute atomic E-state index is 12.5. The summed E-state index contributed by atoms with van der Waals surface area (Å²) in [5.41, 5.74) is 5.32. The molecule has 0 aliphatic rings. The molecule has 0 aromatic rings. The number of rotatable bonds is 34. The maximum Gasteiger partial charge on any atom is 0.472 e. The van der Waals surface area contributed by atoms with E-state index < -0.39 is 32.5 Å². The second-order valence-corrected chi connectivity index (χ2v) is 13.7. The van der Waals surface area contributed by atoms with Gasteiger partial charge in [-0.05, 0) is 77.0 Å². The van der Waals surface area contributed by atoms with Crippen LogP contribution in [0.25, 0.3) is 0 Å². The highest BCUT2D eigenvalue weighted by molar-refractivity contribution is 7.47. The van der Waals surface area contributed by atoms with Crippen LogP contribution in [0.15, 0.2) is 60.8 Å². The predicted octanol–water partition coefficient (Wildman–Crippen LogP) is 9.13. The molecule has 0 rings (SSSR count). The Morgan fingerprint density at radius 3 is 1.86 bits per heavy atom. The first-order valence-electron chi connectivity index (χ1n) is 18.8. The van der Waals surface area contributed by atoms with Gasteiger partial charge in [-0.25, -0.2) is 4.57 Å². The van der Waals surface area contributed by atoms with Gasteiger partial charge in [0.25, 0.3) is 0 Å². The van der Waals surface area contributed by atoms with Crippen LogP contribution < -0.4 is 5.73 Å². The van der Waals surface area contributed by atoms with Gasteiger partial charge in [-0.15, -0.1) is 0 Å². The maximum atomic E-state index is 12.5. The number of esters is 2. The van der Waals surface area contributed by atoms with Crippen LogP contribution in [-0.4, -0.2) is 60.5 Å². The number of carbonyl (C=O) groups is 2. The van der Waals surface area contributed by atoms with Gasteiger partial charge in [0, 0.05) is 19.4 Å². The first kappa shape index (κ1) is 47.7. The molecule has 3 atom stereocenters. The Morgan fingerprint density at radius 1 is 0.680 bits per heavy atom. The highest BCUT2D eigenvalue weighted by Crippen LogP contribution is 2.43. The number of hydrogen-bond acceptors (Lipinski definition) is 9. The standard InChI is InChI=1S/C39H68NO9P/c1-3-5-6-7-8-9-14-18-21-24-27-30-38(42)46-34-37(35-48-50(44,45)47-33-32-40)49-39(43)31-28-25-22-19-16-13-11-10-12-15-17-20-23-26-29-36(41)4-2/h7-8,11-13,15,19-20,22-23,36-37,41H,3-6,9-10,14,16-18,21,24-35,40H2,1-2H3,(H,44,45)/b8-7-,13-11-,15-12-,22-19-,23-20-/t36-,37-/m1/s1. The normalized spacial score (nSPS) is 14.7. The van der Waals surface area contributed by atoms with Crippen molar-refractivity contribution < 1.29 is 42.7 Å². The van der Waals surface area contributed by atoms with Crippen LogP contribution in [0.4, 0.5) is 0 Å². The summed E-state index contributed by atoms with van der Waals surface area (Å²) < 4.78 is 32.5. The summed E-state index contributed by atoms with van der Waals surface area (Å²) in [5, 5.41) is 9.54. The van der Waals surface area contributed by atoms with Crippen LogP contribution in [0.5, 0.6) is 0 Å². The zero-order valence-electron chi connectivity index (χ0n) is 31.0. The van der Waals surface area contributed by atoms with Crippen molar-refractivity contribution in [2.75, 3.05) is 26.4 Å². The summed E-state index contributed by atoms with van der Waals surface area (Å²) in [5.74, 6) is -0.932. The third kappa shape index (κ3) is 34.1. The first-order valence-corrected chi connectivity index (χ1v) is 20.3. The van der Waals surface area contributed by atoms with Crippen molar-refractivity contribution in [1.82, 2.24) is 0 Å². The molecule has 4 N–H and O–H groups in total. The van der Waals surface area contributed by atoms with Crippen LogP contribution in [0, 0.1) is 0 Å². The van der Waals surface area contributed by atoms with Crippen molar-refractivity contribution in [3.8, 4) is 0 Å². The zero-order chi connectivity index (χ0) is 37.0. The fraction of sp³-hybridized carbons (Fsp3) is 0.692. The van der Waals surface area contributed by atoms with Crippen molar-refractivity contribution in [1.29, 1.82) is 0 Å². The SMILES string of the molecule is CCCC/C=C\CCCCCCCC(=O)OC[C@H](COP(=O)(O)OCCN)OC(=O)CCC/C=C\C/C=C\C/C=C\C/C=C\CC[C@H](O)CC. The summed E-state index contributed by atoms with van der Waals surface area (Å²) >= 11 is 0. The van der Waals surface area contributed by atoms with Crippen molar-refractivity contribution >= 4 is 19.8 Å². The summed E-state index contributed by atoms with van der Waals surface area (Å²) in [6.45, 7) is 3.29. The molecule has 0 saturated heterocycles. The lowest BCUT2D eigenvalue weighted by Crippen LogP contribution is -2.29. The lowest BCUT2D eigenvalue weighted by atomic mass is 10.1. The van der Waals surface area contributed by atoms with Crippen molar-refractivity contribution in [2.24, 2.45) is 5.73 Å². The van der Waals surface area contributed by atoms with Crippen LogP contribution in [0.1, 0.15) is 136 Å². The van der Waals surface area contributed by atoms with Gasteiger partial charge >= 0.3 is 19.8 Å². The van der Waals surface area contributed by atoms with Crippen LogP contribution in [0.2, 0.25) is 0 Å². The number of phosphoric ester groups is 1. The Labute approximate surface area is 302 Å². The van der Waals surface area contributed by atoms with E-state index in [1.165, 1.54) is 12.8 Å². The van der Waals surface area contributed by atoms with E-state index in [0.717, 1.165) is 77.0 Å². The summed E-state index contributed by atoms with van der Waals surface area (Å²) in [6.07, 6.45) is 36.3. The summed E-state index contributed by atoms with van der Waals surface area (Å²) in [6, 6.07) is 0. The minimum atomic E-state index is -4.40. The molecule has 0 fully saturated rings. The number of allylic oxidation sites excluding steroid dienone is 10. The fourth-order valence-corrected chi connectivity index (χ4v) is 5.29. The molecule has 0 aliphatic carbocycles. The number of ether oxygens (including phenoxy) is 2. The van der Waals surface area contributed by atoms with Gasteiger partial charge in [0.2, 0.25) is 0 Å². The number of nitrogens with two attached hydrogens (primary N) is 1. The molecule has 0 saturated carbocycles. The fourth-order valence-electron chi connectivity index (χ4n) is 4.53. The molecule has 10 nitrogen and oxygen atoms in total. The van der Waals surface area contributed by atoms with Gasteiger partial charge in [-0.2, -0.15) is 0 Å². The molecular weight excluding hydrogens is 657 g/mol. The molecule has 0 bridgehead atoms. The second kappa shape index (κ2) is 35.1. The van der Waals surface area contributed by atoms with Gasteiger partial charge in [0.05, 0.1) is 19.3 Å². The van der Waals surface area contributed by atoms with E-state index in [-0.39, 0.29) is 38.7 Å². The van der Waals surface area contributed by atoms with E-state index >= 15 is 0 Å². The predicted molar refractivity (Wildman–Crippen MR) is 202 cm³/mol. The minimum absolute atomic E-state index is 0.0352. The molecule has 0 amide bonds. The third-order valence-electron chi connectivity index (χ3n) is 7.54. The monoisotopic (exact) mass is 725 g/mol. The third-order valence-corrected chi connectivity index (χ3v) is 8.52. The largest absolute Gasteiger partial charge is 0.472 e. The smallest absolute Gasteiger partial charge is 0.462 e. The van der Waals surface area contributed by atoms with Gasteiger partial charge in [-0.1, -0.05) is 107 Å². The highest BCUT2D eigenvalue weighted by Gasteiger charge is 2.25. The number of phosphoric acid groups is 1. The molecule has 1 unspecified atom stereocenters. The van der Waals surface area contributed by atoms with Crippen molar-refractivity contribution in [3.63, 3.8) is 0 Å². The van der Waals surface area contributed by atoms with E-state index in [1.807, 2.05) is 19.1 Å². The van der Waals surface area contributed by atoms with E-state index in [2.05, 4.69) is 55.5 Å².